The van der Waals surface area contributed by atoms with Crippen LogP contribution in [-0.2, 0) is 14.6 Å². The first-order chi connectivity index (χ1) is 6.72. The van der Waals surface area contributed by atoms with Crippen LogP contribution in [-0.4, -0.2) is 71.6 Å². The monoisotopic (exact) mass is 242 g/mol. The first kappa shape index (κ1) is 12.8. The van der Waals surface area contributed by atoms with Crippen molar-refractivity contribution in [2.45, 2.75) is 30.7 Å². The summed E-state index contributed by atoms with van der Waals surface area (Å²) in [5.74, 6) is -0.533. The molecule has 7 nitrogen and oxygen atoms in total. The molecular weight excluding hydrogens is 228 g/mol. The summed E-state index contributed by atoms with van der Waals surface area (Å²) in [5.41, 5.74) is 0. The Balaban J connectivity index is 2.75. The molecule has 0 aromatic carbocycles. The van der Waals surface area contributed by atoms with E-state index in [-0.39, 0.29) is 0 Å². The molecule has 5 atom stereocenters. The maximum absolute atomic E-state index is 10.9. The molecule has 0 saturated carbocycles. The molecule has 8 heteroatoms. The van der Waals surface area contributed by atoms with E-state index in [9.17, 15) is 18.6 Å². The summed E-state index contributed by atoms with van der Waals surface area (Å²) in [6.45, 7) is 0. The van der Waals surface area contributed by atoms with Gasteiger partial charge in [0.1, 0.15) is 34.3 Å². The highest BCUT2D eigenvalue weighted by atomic mass is 32.2. The van der Waals surface area contributed by atoms with Gasteiger partial charge in [-0.3, -0.25) is 0 Å². The minimum absolute atomic E-state index is 0.533. The molecule has 1 aliphatic rings. The molecule has 1 aliphatic heterocycles. The van der Waals surface area contributed by atoms with Crippen LogP contribution in [0.15, 0.2) is 0 Å². The highest BCUT2D eigenvalue weighted by Crippen LogP contribution is 2.20. The number of aliphatic hydroxyl groups excluding tert-OH is 4. The Morgan fingerprint density at radius 2 is 1.60 bits per heavy atom. The van der Waals surface area contributed by atoms with E-state index >= 15 is 0 Å². The number of hydrogen-bond acceptors (Lipinski definition) is 7. The number of sulfone groups is 1. The third-order valence-corrected chi connectivity index (χ3v) is 3.09. The maximum Gasteiger partial charge on any atom is 0.183 e. The Hall–Kier alpha value is -0.250. The van der Waals surface area contributed by atoms with Gasteiger partial charge in [-0.1, -0.05) is 0 Å². The van der Waals surface area contributed by atoms with Crippen LogP contribution in [0.1, 0.15) is 0 Å². The normalized spacial score (nSPS) is 42.9. The van der Waals surface area contributed by atoms with E-state index in [0.717, 1.165) is 6.26 Å². The fourth-order valence-electron chi connectivity index (χ4n) is 1.37. The summed E-state index contributed by atoms with van der Waals surface area (Å²) in [6.07, 6.45) is -6.81. The van der Waals surface area contributed by atoms with Crippen LogP contribution in [0.2, 0.25) is 0 Å². The van der Waals surface area contributed by atoms with E-state index in [1.165, 1.54) is 0 Å². The standard InChI is InChI=1S/C7H14O7S/c1-15(12,13)2-3-4(8)5(9)6(10)7(11)14-3/h3-11H,2H2,1H3/t3-,4-,5+,6+,7?/m1/s1. The Bertz CT molecular complexity index is 313. The molecule has 4 N–H and O–H groups in total. The highest BCUT2D eigenvalue weighted by Gasteiger charge is 2.43. The lowest BCUT2D eigenvalue weighted by molar-refractivity contribution is -0.276. The molecule has 0 radical (unpaired) electrons. The van der Waals surface area contributed by atoms with E-state index < -0.39 is 46.3 Å². The van der Waals surface area contributed by atoms with Crippen LogP contribution in [0, 0.1) is 0 Å². The van der Waals surface area contributed by atoms with Crippen LogP contribution >= 0.6 is 0 Å². The molecule has 1 unspecified atom stereocenters. The molecule has 90 valence electrons. The summed E-state index contributed by atoms with van der Waals surface area (Å²) in [4.78, 5) is 0. The first-order valence-corrected chi connectivity index (χ1v) is 6.34. The van der Waals surface area contributed by atoms with Crippen molar-refractivity contribution in [1.29, 1.82) is 0 Å². The quantitative estimate of drug-likeness (QED) is 0.402. The molecule has 1 saturated heterocycles. The van der Waals surface area contributed by atoms with Gasteiger partial charge >= 0.3 is 0 Å². The summed E-state index contributed by atoms with van der Waals surface area (Å²) >= 11 is 0. The van der Waals surface area contributed by atoms with Gasteiger partial charge in [-0.25, -0.2) is 8.42 Å². The fourth-order valence-corrected chi connectivity index (χ4v) is 2.24. The Morgan fingerprint density at radius 3 is 2.07 bits per heavy atom. The molecule has 1 fully saturated rings. The van der Waals surface area contributed by atoms with Gasteiger partial charge in [0.25, 0.3) is 0 Å². The van der Waals surface area contributed by atoms with E-state index in [4.69, 9.17) is 10.2 Å². The lowest BCUT2D eigenvalue weighted by Gasteiger charge is -2.37. The Labute approximate surface area is 86.8 Å². The van der Waals surface area contributed by atoms with Crippen molar-refractivity contribution < 1.29 is 33.6 Å². The maximum atomic E-state index is 10.9. The van der Waals surface area contributed by atoms with Gasteiger partial charge < -0.3 is 25.2 Å². The Morgan fingerprint density at radius 1 is 1.07 bits per heavy atom. The molecule has 1 heterocycles. The van der Waals surface area contributed by atoms with Gasteiger partial charge in [-0.2, -0.15) is 0 Å². The lowest BCUT2D eigenvalue weighted by atomic mass is 10.0. The van der Waals surface area contributed by atoms with Crippen molar-refractivity contribution in [3.8, 4) is 0 Å². The lowest BCUT2D eigenvalue weighted by Crippen LogP contribution is -2.58. The van der Waals surface area contributed by atoms with E-state index in [1.54, 1.807) is 0 Å². The second-order valence-corrected chi connectivity index (χ2v) is 5.81. The molecule has 15 heavy (non-hydrogen) atoms. The summed E-state index contributed by atoms with van der Waals surface area (Å²) < 4.78 is 26.5. The molecule has 0 aromatic rings. The van der Waals surface area contributed by atoms with Crippen molar-refractivity contribution in [1.82, 2.24) is 0 Å². The van der Waals surface area contributed by atoms with Crippen molar-refractivity contribution in [2.75, 3.05) is 12.0 Å². The van der Waals surface area contributed by atoms with Crippen LogP contribution in [0.25, 0.3) is 0 Å². The highest BCUT2D eigenvalue weighted by molar-refractivity contribution is 7.90. The van der Waals surface area contributed by atoms with Crippen LogP contribution in [0.3, 0.4) is 0 Å². The van der Waals surface area contributed by atoms with Crippen molar-refractivity contribution in [2.24, 2.45) is 0 Å². The van der Waals surface area contributed by atoms with Gasteiger partial charge in [0.2, 0.25) is 0 Å². The number of ether oxygens (including phenoxy) is 1. The molecule has 0 bridgehead atoms. The molecule has 0 spiro atoms. The zero-order valence-electron chi connectivity index (χ0n) is 8.02. The van der Waals surface area contributed by atoms with E-state index in [1.807, 2.05) is 0 Å². The molecular formula is C7H14O7S. The predicted octanol–water partition coefficient (Wildman–Crippen LogP) is -3.17. The van der Waals surface area contributed by atoms with Crippen molar-refractivity contribution in [3.05, 3.63) is 0 Å². The predicted molar refractivity (Wildman–Crippen MR) is 48.6 cm³/mol. The first-order valence-electron chi connectivity index (χ1n) is 4.28. The molecule has 0 aliphatic carbocycles. The average molecular weight is 242 g/mol. The second kappa shape index (κ2) is 4.32. The summed E-state index contributed by atoms with van der Waals surface area (Å²) in [6, 6.07) is 0. The van der Waals surface area contributed by atoms with E-state index in [2.05, 4.69) is 4.74 Å². The Kier molecular flexibility index (Phi) is 3.69. The van der Waals surface area contributed by atoms with Gasteiger partial charge in [-0.05, 0) is 0 Å². The van der Waals surface area contributed by atoms with Gasteiger partial charge in [0.15, 0.2) is 6.29 Å². The minimum Gasteiger partial charge on any atom is -0.388 e. The topological polar surface area (TPSA) is 124 Å². The van der Waals surface area contributed by atoms with Crippen molar-refractivity contribution in [3.63, 3.8) is 0 Å². The third-order valence-electron chi connectivity index (χ3n) is 2.15. The van der Waals surface area contributed by atoms with Crippen LogP contribution < -0.4 is 0 Å². The second-order valence-electron chi connectivity index (χ2n) is 3.63. The molecule has 0 amide bonds. The zero-order valence-corrected chi connectivity index (χ0v) is 8.83. The van der Waals surface area contributed by atoms with Gasteiger partial charge in [-0.15, -0.1) is 0 Å². The van der Waals surface area contributed by atoms with E-state index in [0.29, 0.717) is 0 Å². The minimum atomic E-state index is -3.41. The third kappa shape index (κ3) is 3.10. The van der Waals surface area contributed by atoms with Gasteiger partial charge in [0, 0.05) is 6.26 Å². The summed E-state index contributed by atoms with van der Waals surface area (Å²) in [7, 11) is -3.41. The van der Waals surface area contributed by atoms with Crippen LogP contribution in [0.5, 0.6) is 0 Å². The van der Waals surface area contributed by atoms with Gasteiger partial charge in [0.05, 0.1) is 5.75 Å². The van der Waals surface area contributed by atoms with Crippen LogP contribution in [0.4, 0.5) is 0 Å². The smallest absolute Gasteiger partial charge is 0.183 e. The number of rotatable bonds is 2. The fraction of sp³-hybridized carbons (Fsp3) is 1.00. The largest absolute Gasteiger partial charge is 0.388 e. The SMILES string of the molecule is CS(=O)(=O)C[C@H]1OC(O)[C@@H](O)[C@@H](O)[C@@H]1O. The number of hydrogen-bond donors (Lipinski definition) is 4. The van der Waals surface area contributed by atoms with Crippen molar-refractivity contribution >= 4 is 9.84 Å². The zero-order chi connectivity index (χ0) is 11.8. The number of aliphatic hydroxyl groups is 4. The molecule has 1 rings (SSSR count). The average Bonchev–Trinajstić information content (AvgIpc) is 2.08. The summed E-state index contributed by atoms with van der Waals surface area (Å²) in [5, 5.41) is 36.8. The molecule has 0 aromatic heterocycles.